The lowest BCUT2D eigenvalue weighted by atomic mass is 9.95. The quantitative estimate of drug-likeness (QED) is 0.181. The molecule has 1 fully saturated rings. The van der Waals surface area contributed by atoms with Crippen molar-refractivity contribution in [3.05, 3.63) is 125 Å². The van der Waals surface area contributed by atoms with Gasteiger partial charge in [-0.15, -0.1) is 0 Å². The van der Waals surface area contributed by atoms with E-state index in [9.17, 15) is 19.2 Å². The van der Waals surface area contributed by atoms with Crippen LogP contribution in [0.15, 0.2) is 91.1 Å². The highest BCUT2D eigenvalue weighted by atomic mass is 16.2. The van der Waals surface area contributed by atoms with Crippen LogP contribution in [0.1, 0.15) is 71.5 Å². The molecule has 4 amide bonds. The van der Waals surface area contributed by atoms with Gasteiger partial charge >= 0.3 is 0 Å². The first-order valence-electron chi connectivity index (χ1n) is 18.8. The fourth-order valence-electron chi connectivity index (χ4n) is 7.36. The molecule has 1 aliphatic carbocycles. The minimum atomic E-state index is -0.737. The van der Waals surface area contributed by atoms with Gasteiger partial charge in [0.2, 0.25) is 17.7 Å². The molecule has 2 atom stereocenters. The van der Waals surface area contributed by atoms with Gasteiger partial charge in [-0.25, -0.2) is 0 Å². The van der Waals surface area contributed by atoms with Gasteiger partial charge in [0.05, 0.1) is 0 Å². The summed E-state index contributed by atoms with van der Waals surface area (Å²) in [5, 5.41) is 13.4. The fraction of sp³-hybridized carbons (Fsp3) is 0.405. The Morgan fingerprint density at radius 3 is 2.06 bits per heavy atom. The van der Waals surface area contributed by atoms with Crippen molar-refractivity contribution in [2.45, 2.75) is 77.7 Å². The summed E-state index contributed by atoms with van der Waals surface area (Å²) in [5.74, 6) is -0.890. The smallest absolute Gasteiger partial charge is 0.270 e. The third kappa shape index (κ3) is 9.58. The average Bonchev–Trinajstić information content (AvgIpc) is 3.85. The second kappa shape index (κ2) is 17.5. The van der Waals surface area contributed by atoms with Crippen molar-refractivity contribution in [2.24, 2.45) is 5.92 Å². The number of nitrogens with one attached hydrogen (secondary N) is 3. The SMILES string of the molecule is CCC(=O)NC(Cc1ccc(CNC(=O)[C@@H](NC(=O)c2ccnn2C(C)C)C2Cc3ccccc3C2)cc1)C(=O)N1CCN(Cc2ccccc2)CC1. The number of carbonyl (C=O) groups excluding carboxylic acids is 4. The summed E-state index contributed by atoms with van der Waals surface area (Å²) in [6.45, 7) is 9.59. The summed E-state index contributed by atoms with van der Waals surface area (Å²) < 4.78 is 1.66. The molecule has 11 nitrogen and oxygen atoms in total. The normalized spacial score (nSPS) is 15.8. The molecule has 1 aliphatic heterocycles. The molecule has 1 unspecified atom stereocenters. The number of rotatable bonds is 14. The summed E-state index contributed by atoms with van der Waals surface area (Å²) in [7, 11) is 0. The molecule has 53 heavy (non-hydrogen) atoms. The molecule has 1 saturated heterocycles. The van der Waals surface area contributed by atoms with Crippen molar-refractivity contribution in [3.8, 4) is 0 Å². The maximum atomic E-state index is 13.8. The fourth-order valence-corrected chi connectivity index (χ4v) is 7.36. The number of hydrogen-bond donors (Lipinski definition) is 3. The Labute approximate surface area is 312 Å². The van der Waals surface area contributed by atoms with E-state index in [4.69, 9.17) is 0 Å². The van der Waals surface area contributed by atoms with Gasteiger partial charge < -0.3 is 20.9 Å². The molecule has 11 heteroatoms. The van der Waals surface area contributed by atoms with Crippen molar-refractivity contribution in [1.29, 1.82) is 0 Å². The third-order valence-corrected chi connectivity index (χ3v) is 10.3. The topological polar surface area (TPSA) is 129 Å². The van der Waals surface area contributed by atoms with Gasteiger partial charge in [-0.05, 0) is 66.5 Å². The lowest BCUT2D eigenvalue weighted by Crippen LogP contribution is -2.55. The van der Waals surface area contributed by atoms with E-state index in [2.05, 4.69) is 50.2 Å². The first-order chi connectivity index (χ1) is 25.7. The highest BCUT2D eigenvalue weighted by Gasteiger charge is 2.35. The lowest BCUT2D eigenvalue weighted by Gasteiger charge is -2.36. The van der Waals surface area contributed by atoms with E-state index in [-0.39, 0.29) is 42.1 Å². The van der Waals surface area contributed by atoms with E-state index in [0.717, 1.165) is 30.8 Å². The molecule has 2 heterocycles. The van der Waals surface area contributed by atoms with Crippen LogP contribution in [0.2, 0.25) is 0 Å². The van der Waals surface area contributed by atoms with Crippen molar-refractivity contribution in [2.75, 3.05) is 26.2 Å². The molecule has 278 valence electrons. The largest absolute Gasteiger partial charge is 0.350 e. The number of piperazine rings is 1. The molecular formula is C42H51N7O4. The maximum Gasteiger partial charge on any atom is 0.270 e. The molecule has 3 aromatic carbocycles. The van der Waals surface area contributed by atoms with Gasteiger partial charge in [-0.2, -0.15) is 5.10 Å². The molecule has 1 aromatic heterocycles. The van der Waals surface area contributed by atoms with Crippen molar-refractivity contribution in [3.63, 3.8) is 0 Å². The maximum absolute atomic E-state index is 13.8. The summed E-state index contributed by atoms with van der Waals surface area (Å²) >= 11 is 0. The zero-order valence-electron chi connectivity index (χ0n) is 31.0. The molecule has 0 saturated carbocycles. The summed E-state index contributed by atoms with van der Waals surface area (Å²) in [5.41, 5.74) is 5.86. The van der Waals surface area contributed by atoms with Gasteiger partial charge in [0, 0.05) is 64.3 Å². The molecule has 2 aliphatic rings. The number of hydrogen-bond acceptors (Lipinski definition) is 6. The van der Waals surface area contributed by atoms with E-state index in [1.54, 1.807) is 23.9 Å². The van der Waals surface area contributed by atoms with Gasteiger partial charge in [-0.3, -0.25) is 28.8 Å². The minimum Gasteiger partial charge on any atom is -0.350 e. The van der Waals surface area contributed by atoms with Crippen LogP contribution in [0.5, 0.6) is 0 Å². The van der Waals surface area contributed by atoms with Crippen LogP contribution in [0.3, 0.4) is 0 Å². The molecule has 6 rings (SSSR count). The number of aromatic nitrogens is 2. The van der Waals surface area contributed by atoms with E-state index in [1.807, 2.05) is 73.3 Å². The van der Waals surface area contributed by atoms with Crippen LogP contribution < -0.4 is 16.0 Å². The Morgan fingerprint density at radius 1 is 0.774 bits per heavy atom. The van der Waals surface area contributed by atoms with Crippen molar-refractivity contribution in [1.82, 2.24) is 35.5 Å². The van der Waals surface area contributed by atoms with Gasteiger partial charge in [0.25, 0.3) is 5.91 Å². The van der Waals surface area contributed by atoms with E-state index < -0.39 is 12.1 Å². The van der Waals surface area contributed by atoms with Crippen molar-refractivity contribution < 1.29 is 19.2 Å². The second-order valence-corrected chi connectivity index (χ2v) is 14.4. The van der Waals surface area contributed by atoms with Crippen LogP contribution in [0, 0.1) is 5.92 Å². The van der Waals surface area contributed by atoms with E-state index >= 15 is 0 Å². The Balaban J connectivity index is 1.07. The van der Waals surface area contributed by atoms with Crippen molar-refractivity contribution >= 4 is 23.6 Å². The summed E-state index contributed by atoms with van der Waals surface area (Å²) in [6, 6.07) is 26.5. The highest BCUT2D eigenvalue weighted by molar-refractivity contribution is 5.96. The molecule has 0 bridgehead atoms. The lowest BCUT2D eigenvalue weighted by molar-refractivity contribution is -0.138. The predicted molar refractivity (Wildman–Crippen MR) is 204 cm³/mol. The zero-order valence-corrected chi connectivity index (χ0v) is 31.0. The van der Waals surface area contributed by atoms with Crippen LogP contribution in [0.25, 0.3) is 0 Å². The van der Waals surface area contributed by atoms with E-state index in [1.165, 1.54) is 16.7 Å². The average molecular weight is 718 g/mol. The first kappa shape index (κ1) is 37.5. The Bertz CT molecular complexity index is 1840. The monoisotopic (exact) mass is 717 g/mol. The summed E-state index contributed by atoms with van der Waals surface area (Å²) in [4.78, 5) is 57.7. The molecule has 0 radical (unpaired) electrons. The molecular weight excluding hydrogens is 667 g/mol. The number of carbonyl (C=O) groups is 4. The Morgan fingerprint density at radius 2 is 1.42 bits per heavy atom. The number of benzene rings is 3. The zero-order chi connectivity index (χ0) is 37.3. The van der Waals surface area contributed by atoms with Gasteiger partial charge in [0.1, 0.15) is 17.8 Å². The van der Waals surface area contributed by atoms with Crippen LogP contribution >= 0.6 is 0 Å². The Kier molecular flexibility index (Phi) is 12.4. The minimum absolute atomic E-state index is 0.00561. The number of nitrogens with zero attached hydrogens (tertiary/aromatic N) is 4. The third-order valence-electron chi connectivity index (χ3n) is 10.3. The van der Waals surface area contributed by atoms with E-state index in [0.29, 0.717) is 44.5 Å². The predicted octanol–water partition coefficient (Wildman–Crippen LogP) is 4.08. The van der Waals surface area contributed by atoms with Gasteiger partial charge in [0.15, 0.2) is 0 Å². The molecule has 4 aromatic rings. The first-order valence-corrected chi connectivity index (χ1v) is 18.8. The van der Waals surface area contributed by atoms with Crippen LogP contribution in [-0.4, -0.2) is 81.5 Å². The van der Waals surface area contributed by atoms with Gasteiger partial charge in [-0.1, -0.05) is 85.8 Å². The van der Waals surface area contributed by atoms with Crippen LogP contribution in [-0.2, 0) is 46.7 Å². The van der Waals surface area contributed by atoms with Crippen LogP contribution in [0.4, 0.5) is 0 Å². The standard InChI is InChI=1S/C42H51N7O4/c1-4-38(50)45-36(42(53)48-22-20-47(21-23-48)28-32-10-6-5-7-11-32)24-30-14-16-31(17-15-30)27-43-41(52)39(35-25-33-12-8-9-13-34(33)26-35)46-40(51)37-18-19-44-49(37)29(2)3/h5-19,29,35-36,39H,4,20-28H2,1-3H3,(H,43,52)(H,45,50)(H,46,51)/t36?,39-/m0/s1. The molecule has 3 N–H and O–H groups in total. The highest BCUT2D eigenvalue weighted by Crippen LogP contribution is 2.29. The summed E-state index contributed by atoms with van der Waals surface area (Å²) in [6.07, 6.45) is 3.66. The molecule has 0 spiro atoms. The Hall–Kier alpha value is -5.29. The number of fused-ring (bicyclic) bond motifs is 1. The second-order valence-electron chi connectivity index (χ2n) is 14.4. The number of amides is 4.